The van der Waals surface area contributed by atoms with Crippen molar-refractivity contribution < 1.29 is 4.79 Å². The fourth-order valence-electron chi connectivity index (χ4n) is 5.38. The number of aryl methyl sites for hydroxylation is 1. The minimum absolute atomic E-state index is 0.0934. The smallest absolute Gasteiger partial charge is 0.252 e. The molecule has 0 atom stereocenters. The highest BCUT2D eigenvalue weighted by molar-refractivity contribution is 9.10. The van der Waals surface area contributed by atoms with Crippen LogP contribution >= 0.6 is 15.9 Å². The Labute approximate surface area is 134 Å². The molecular weight excluding hydrogens is 326 g/mol. The molecule has 5 rings (SSSR count). The minimum atomic E-state index is 0.0934. The lowest BCUT2D eigenvalue weighted by atomic mass is 9.53. The highest BCUT2D eigenvalue weighted by atomic mass is 79.9. The van der Waals surface area contributed by atoms with Crippen molar-refractivity contribution in [2.45, 2.75) is 51.0 Å². The van der Waals surface area contributed by atoms with E-state index >= 15 is 0 Å². The van der Waals surface area contributed by atoms with Gasteiger partial charge in [-0.25, -0.2) is 0 Å². The second kappa shape index (κ2) is 4.84. The Balaban J connectivity index is 1.57. The number of amides is 1. The first kappa shape index (κ1) is 13.8. The van der Waals surface area contributed by atoms with Crippen molar-refractivity contribution in [1.82, 2.24) is 5.32 Å². The molecule has 4 fully saturated rings. The fourth-order valence-corrected chi connectivity index (χ4v) is 6.05. The first-order valence-corrected chi connectivity index (χ1v) is 8.91. The van der Waals surface area contributed by atoms with Crippen molar-refractivity contribution in [2.75, 3.05) is 0 Å². The first-order chi connectivity index (χ1) is 10.0. The van der Waals surface area contributed by atoms with E-state index in [0.717, 1.165) is 27.8 Å². The summed E-state index contributed by atoms with van der Waals surface area (Å²) in [4.78, 5) is 12.7. The first-order valence-electron chi connectivity index (χ1n) is 8.12. The van der Waals surface area contributed by atoms with E-state index in [1.165, 1.54) is 44.1 Å². The van der Waals surface area contributed by atoms with Crippen molar-refractivity contribution >= 4 is 21.8 Å². The Kier molecular flexibility index (Phi) is 3.18. The topological polar surface area (TPSA) is 29.1 Å². The van der Waals surface area contributed by atoms with Crippen LogP contribution in [0.4, 0.5) is 0 Å². The highest BCUT2D eigenvalue weighted by Gasteiger charge is 2.51. The van der Waals surface area contributed by atoms with Gasteiger partial charge in [0.1, 0.15) is 0 Å². The summed E-state index contributed by atoms with van der Waals surface area (Å²) >= 11 is 3.54. The van der Waals surface area contributed by atoms with Gasteiger partial charge in [-0.3, -0.25) is 4.79 Å². The molecule has 1 aromatic carbocycles. The van der Waals surface area contributed by atoms with Crippen LogP contribution in [-0.2, 0) is 0 Å². The molecule has 0 spiro atoms. The van der Waals surface area contributed by atoms with Crippen LogP contribution in [0.3, 0.4) is 0 Å². The van der Waals surface area contributed by atoms with Crippen molar-refractivity contribution in [2.24, 2.45) is 17.8 Å². The van der Waals surface area contributed by atoms with Crippen LogP contribution < -0.4 is 5.32 Å². The molecule has 0 saturated heterocycles. The third kappa shape index (κ3) is 2.44. The molecule has 0 radical (unpaired) electrons. The zero-order valence-electron chi connectivity index (χ0n) is 12.5. The molecule has 112 valence electrons. The van der Waals surface area contributed by atoms with Crippen LogP contribution in [0.15, 0.2) is 22.7 Å². The molecule has 1 N–H and O–H groups in total. The number of nitrogens with one attached hydrogen (secondary N) is 1. The molecule has 1 aromatic rings. The van der Waals surface area contributed by atoms with E-state index in [-0.39, 0.29) is 11.4 Å². The van der Waals surface area contributed by atoms with Crippen molar-refractivity contribution in [3.63, 3.8) is 0 Å². The lowest BCUT2D eigenvalue weighted by Crippen LogP contribution is -2.59. The molecule has 4 aliphatic rings. The molecule has 0 heterocycles. The molecule has 1 amide bonds. The van der Waals surface area contributed by atoms with Gasteiger partial charge in [-0.1, -0.05) is 6.07 Å². The lowest BCUT2D eigenvalue weighted by Gasteiger charge is -2.56. The van der Waals surface area contributed by atoms with Crippen LogP contribution in [-0.4, -0.2) is 11.4 Å². The molecule has 4 aliphatic carbocycles. The van der Waals surface area contributed by atoms with Crippen LogP contribution in [0.5, 0.6) is 0 Å². The molecule has 0 unspecified atom stereocenters. The van der Waals surface area contributed by atoms with Gasteiger partial charge in [0.15, 0.2) is 0 Å². The van der Waals surface area contributed by atoms with E-state index in [1.54, 1.807) is 0 Å². The minimum Gasteiger partial charge on any atom is -0.347 e. The van der Waals surface area contributed by atoms with E-state index in [9.17, 15) is 4.79 Å². The van der Waals surface area contributed by atoms with Gasteiger partial charge in [-0.15, -0.1) is 0 Å². The van der Waals surface area contributed by atoms with Gasteiger partial charge < -0.3 is 5.32 Å². The Bertz CT molecular complexity index is 560. The number of benzene rings is 1. The van der Waals surface area contributed by atoms with E-state index in [2.05, 4.69) is 21.2 Å². The fraction of sp³-hybridized carbons (Fsp3) is 0.611. The summed E-state index contributed by atoms with van der Waals surface area (Å²) in [6.45, 7) is 2.05. The Morgan fingerprint density at radius 3 is 2.24 bits per heavy atom. The molecule has 4 bridgehead atoms. The number of hydrogen-bond donors (Lipinski definition) is 1. The molecule has 0 aromatic heterocycles. The van der Waals surface area contributed by atoms with Gasteiger partial charge >= 0.3 is 0 Å². The third-order valence-corrected chi connectivity index (χ3v) is 6.44. The normalized spacial score (nSPS) is 36.8. The van der Waals surface area contributed by atoms with E-state index in [1.807, 2.05) is 25.1 Å². The van der Waals surface area contributed by atoms with Crippen molar-refractivity contribution in [3.8, 4) is 0 Å². The van der Waals surface area contributed by atoms with Crippen LogP contribution in [0, 0.1) is 24.7 Å². The molecule has 0 aliphatic heterocycles. The molecule has 4 saturated carbocycles. The maximum Gasteiger partial charge on any atom is 0.252 e. The predicted molar refractivity (Wildman–Crippen MR) is 87.2 cm³/mol. The Morgan fingerprint density at radius 2 is 1.71 bits per heavy atom. The zero-order chi connectivity index (χ0) is 14.6. The summed E-state index contributed by atoms with van der Waals surface area (Å²) in [5, 5.41) is 3.43. The number of halogens is 1. The average Bonchev–Trinajstić information content (AvgIpc) is 2.35. The molecule has 2 nitrogen and oxygen atoms in total. The summed E-state index contributed by atoms with van der Waals surface area (Å²) in [5.74, 6) is 2.68. The maximum atomic E-state index is 12.7. The highest BCUT2D eigenvalue weighted by Crippen LogP contribution is 2.55. The van der Waals surface area contributed by atoms with Crippen molar-refractivity contribution in [3.05, 3.63) is 33.8 Å². The largest absolute Gasteiger partial charge is 0.347 e. The standard InChI is InChI=1S/C18H22BrNO/c1-11-2-3-15(16(19)4-11)17(21)20-18-8-12-5-13(9-18)7-14(6-12)10-18/h2-4,12-14H,5-10H2,1H3,(H,20,21). The monoisotopic (exact) mass is 347 g/mol. The quantitative estimate of drug-likeness (QED) is 0.840. The Hall–Kier alpha value is -0.830. The molecule has 21 heavy (non-hydrogen) atoms. The van der Waals surface area contributed by atoms with Crippen LogP contribution in [0.25, 0.3) is 0 Å². The van der Waals surface area contributed by atoms with Gasteiger partial charge in [0.2, 0.25) is 0 Å². The summed E-state index contributed by atoms with van der Waals surface area (Å²) in [5.41, 5.74) is 2.04. The van der Waals surface area contributed by atoms with Gasteiger partial charge in [0.25, 0.3) is 5.91 Å². The second-order valence-corrected chi connectivity index (χ2v) is 8.49. The van der Waals surface area contributed by atoms with E-state index in [0.29, 0.717) is 0 Å². The summed E-state index contributed by atoms with van der Waals surface area (Å²) in [7, 11) is 0. The van der Waals surface area contributed by atoms with Gasteiger partial charge in [-0.05, 0) is 96.8 Å². The third-order valence-electron chi connectivity index (χ3n) is 5.79. The number of rotatable bonds is 2. The van der Waals surface area contributed by atoms with Crippen LogP contribution in [0.2, 0.25) is 0 Å². The summed E-state index contributed by atoms with van der Waals surface area (Å²) < 4.78 is 0.907. The summed E-state index contributed by atoms with van der Waals surface area (Å²) in [6, 6.07) is 5.98. The lowest BCUT2D eigenvalue weighted by molar-refractivity contribution is -0.0167. The number of carbonyl (C=O) groups is 1. The number of carbonyl (C=O) groups excluding carboxylic acids is 1. The van der Waals surface area contributed by atoms with E-state index < -0.39 is 0 Å². The van der Waals surface area contributed by atoms with Gasteiger partial charge in [0, 0.05) is 10.0 Å². The zero-order valence-corrected chi connectivity index (χ0v) is 14.1. The van der Waals surface area contributed by atoms with Crippen molar-refractivity contribution in [1.29, 1.82) is 0 Å². The van der Waals surface area contributed by atoms with Gasteiger partial charge in [-0.2, -0.15) is 0 Å². The molecular formula is C18H22BrNO. The molecule has 3 heteroatoms. The second-order valence-electron chi connectivity index (χ2n) is 7.64. The van der Waals surface area contributed by atoms with E-state index in [4.69, 9.17) is 0 Å². The number of hydrogen-bond acceptors (Lipinski definition) is 1. The van der Waals surface area contributed by atoms with Gasteiger partial charge in [0.05, 0.1) is 5.56 Å². The van der Waals surface area contributed by atoms with Crippen LogP contribution in [0.1, 0.15) is 54.4 Å². The Morgan fingerprint density at radius 1 is 1.14 bits per heavy atom. The maximum absolute atomic E-state index is 12.7. The SMILES string of the molecule is Cc1ccc(C(=O)NC23CC4CC(CC(C4)C2)C3)c(Br)c1. The average molecular weight is 348 g/mol. The predicted octanol–water partition coefficient (Wildman–Crippen LogP) is 4.46. The summed E-state index contributed by atoms with van der Waals surface area (Å²) in [6.07, 6.45) is 7.83.